The maximum Gasteiger partial charge on any atom is 0.200 e. The molecule has 4 rings (SSSR count). The number of anilines is 2. The molecule has 0 saturated carbocycles. The molecule has 0 fully saturated rings. The fourth-order valence-electron chi connectivity index (χ4n) is 3.10. The smallest absolute Gasteiger partial charge is 0.200 e. The molecule has 0 bridgehead atoms. The standard InChI is InChI=1S/C23H19NO4/c1-26-17-10-7-15(8-11-17)24-16-9-12-19-22(13-16)28-14-20(23(19)25)18-5-3-4-6-21(18)27-2/h3-14,24H,1-2H3. The van der Waals surface area contributed by atoms with Crippen LogP contribution < -0.4 is 20.2 Å². The van der Waals surface area contributed by atoms with E-state index in [4.69, 9.17) is 13.9 Å². The minimum absolute atomic E-state index is 0.0956. The van der Waals surface area contributed by atoms with Crippen LogP contribution in [-0.2, 0) is 0 Å². The summed E-state index contributed by atoms with van der Waals surface area (Å²) in [6.07, 6.45) is 1.49. The molecule has 28 heavy (non-hydrogen) atoms. The molecule has 0 aliphatic heterocycles. The van der Waals surface area contributed by atoms with Gasteiger partial charge in [-0.05, 0) is 42.5 Å². The first-order valence-electron chi connectivity index (χ1n) is 8.79. The number of nitrogens with one attached hydrogen (secondary N) is 1. The molecular weight excluding hydrogens is 354 g/mol. The molecule has 0 aliphatic carbocycles. The van der Waals surface area contributed by atoms with Gasteiger partial charge in [-0.1, -0.05) is 18.2 Å². The molecule has 5 nitrogen and oxygen atoms in total. The molecule has 0 amide bonds. The third-order valence-electron chi connectivity index (χ3n) is 4.55. The fourth-order valence-corrected chi connectivity index (χ4v) is 3.10. The predicted octanol–water partition coefficient (Wildman–Crippen LogP) is 5.22. The zero-order chi connectivity index (χ0) is 19.5. The van der Waals surface area contributed by atoms with Crippen LogP contribution in [0.4, 0.5) is 11.4 Å². The molecule has 3 aromatic carbocycles. The molecule has 0 atom stereocenters. The van der Waals surface area contributed by atoms with Crippen molar-refractivity contribution in [3.05, 3.63) is 83.2 Å². The van der Waals surface area contributed by atoms with Crippen LogP contribution in [0, 0.1) is 0 Å². The summed E-state index contributed by atoms with van der Waals surface area (Å²) in [6.45, 7) is 0. The summed E-state index contributed by atoms with van der Waals surface area (Å²) in [5.74, 6) is 1.42. The van der Waals surface area contributed by atoms with E-state index in [-0.39, 0.29) is 5.43 Å². The summed E-state index contributed by atoms with van der Waals surface area (Å²) in [4.78, 5) is 13.0. The molecule has 1 N–H and O–H groups in total. The Balaban J connectivity index is 1.70. The van der Waals surface area contributed by atoms with Gasteiger partial charge in [-0.2, -0.15) is 0 Å². The molecule has 140 valence electrons. The Labute approximate surface area is 162 Å². The van der Waals surface area contributed by atoms with Crippen LogP contribution >= 0.6 is 0 Å². The van der Waals surface area contributed by atoms with E-state index in [1.165, 1.54) is 6.26 Å². The molecular formula is C23H19NO4. The van der Waals surface area contributed by atoms with Gasteiger partial charge >= 0.3 is 0 Å². The van der Waals surface area contributed by atoms with Crippen LogP contribution in [-0.4, -0.2) is 14.2 Å². The Hall–Kier alpha value is -3.73. The van der Waals surface area contributed by atoms with Crippen molar-refractivity contribution in [3.63, 3.8) is 0 Å². The van der Waals surface area contributed by atoms with E-state index in [1.54, 1.807) is 20.3 Å². The number of fused-ring (bicyclic) bond motifs is 1. The molecule has 1 heterocycles. The van der Waals surface area contributed by atoms with Crippen LogP contribution in [0.1, 0.15) is 0 Å². The highest BCUT2D eigenvalue weighted by molar-refractivity contribution is 5.86. The second kappa shape index (κ2) is 7.48. The van der Waals surface area contributed by atoms with Gasteiger partial charge < -0.3 is 19.2 Å². The first-order chi connectivity index (χ1) is 13.7. The van der Waals surface area contributed by atoms with Crippen molar-refractivity contribution >= 4 is 22.3 Å². The lowest BCUT2D eigenvalue weighted by molar-refractivity contribution is 0.415. The lowest BCUT2D eigenvalue weighted by Crippen LogP contribution is -2.06. The number of methoxy groups -OCH3 is 2. The van der Waals surface area contributed by atoms with Gasteiger partial charge in [-0.3, -0.25) is 4.79 Å². The average Bonchev–Trinajstić information content (AvgIpc) is 2.74. The molecule has 4 aromatic rings. The van der Waals surface area contributed by atoms with Crippen molar-refractivity contribution in [1.29, 1.82) is 0 Å². The maximum atomic E-state index is 13.0. The Kier molecular flexibility index (Phi) is 4.72. The molecule has 0 radical (unpaired) electrons. The Morgan fingerprint density at radius 3 is 2.32 bits per heavy atom. The normalized spacial score (nSPS) is 10.6. The minimum atomic E-state index is -0.0956. The third kappa shape index (κ3) is 3.30. The van der Waals surface area contributed by atoms with Gasteiger partial charge in [0.05, 0.1) is 25.2 Å². The minimum Gasteiger partial charge on any atom is -0.497 e. The second-order valence-corrected chi connectivity index (χ2v) is 6.24. The number of ether oxygens (including phenoxy) is 2. The zero-order valence-electron chi connectivity index (χ0n) is 15.6. The zero-order valence-corrected chi connectivity index (χ0v) is 15.6. The van der Waals surface area contributed by atoms with Crippen LogP contribution in [0.15, 0.2) is 82.2 Å². The van der Waals surface area contributed by atoms with Crippen molar-refractivity contribution in [3.8, 4) is 22.6 Å². The maximum absolute atomic E-state index is 13.0. The van der Waals surface area contributed by atoms with E-state index in [1.807, 2.05) is 60.7 Å². The van der Waals surface area contributed by atoms with E-state index < -0.39 is 0 Å². The molecule has 5 heteroatoms. The number of rotatable bonds is 5. The third-order valence-corrected chi connectivity index (χ3v) is 4.55. The summed E-state index contributed by atoms with van der Waals surface area (Å²) in [7, 11) is 3.21. The average molecular weight is 373 g/mol. The van der Waals surface area contributed by atoms with Crippen molar-refractivity contribution in [1.82, 2.24) is 0 Å². The summed E-state index contributed by atoms with van der Waals surface area (Å²) in [5.41, 5.74) is 3.34. The summed E-state index contributed by atoms with van der Waals surface area (Å²) >= 11 is 0. The Morgan fingerprint density at radius 1 is 0.821 bits per heavy atom. The highest BCUT2D eigenvalue weighted by Crippen LogP contribution is 2.29. The Morgan fingerprint density at radius 2 is 1.57 bits per heavy atom. The van der Waals surface area contributed by atoms with Gasteiger partial charge in [0, 0.05) is 23.0 Å². The van der Waals surface area contributed by atoms with Gasteiger partial charge in [-0.25, -0.2) is 0 Å². The molecule has 1 aromatic heterocycles. The van der Waals surface area contributed by atoms with E-state index in [0.717, 1.165) is 17.1 Å². The van der Waals surface area contributed by atoms with E-state index in [9.17, 15) is 4.79 Å². The lowest BCUT2D eigenvalue weighted by atomic mass is 10.0. The van der Waals surface area contributed by atoms with Crippen LogP contribution in [0.3, 0.4) is 0 Å². The quantitative estimate of drug-likeness (QED) is 0.520. The second-order valence-electron chi connectivity index (χ2n) is 6.24. The topological polar surface area (TPSA) is 60.7 Å². The first-order valence-corrected chi connectivity index (χ1v) is 8.79. The molecule has 0 aliphatic rings. The highest BCUT2D eigenvalue weighted by Gasteiger charge is 2.13. The predicted molar refractivity (Wildman–Crippen MR) is 111 cm³/mol. The van der Waals surface area contributed by atoms with E-state index in [2.05, 4.69) is 5.32 Å². The fraction of sp³-hybridized carbons (Fsp3) is 0.0870. The van der Waals surface area contributed by atoms with Crippen LogP contribution in [0.25, 0.3) is 22.1 Å². The van der Waals surface area contributed by atoms with Crippen LogP contribution in [0.5, 0.6) is 11.5 Å². The van der Waals surface area contributed by atoms with Gasteiger partial charge in [0.15, 0.2) is 0 Å². The van der Waals surface area contributed by atoms with Crippen molar-refractivity contribution < 1.29 is 13.9 Å². The van der Waals surface area contributed by atoms with Gasteiger partial charge in [-0.15, -0.1) is 0 Å². The van der Waals surface area contributed by atoms with E-state index >= 15 is 0 Å². The summed E-state index contributed by atoms with van der Waals surface area (Å²) in [5, 5.41) is 3.81. The SMILES string of the molecule is COc1ccc(Nc2ccc3c(=O)c(-c4ccccc4OC)coc3c2)cc1. The number of benzene rings is 3. The van der Waals surface area contributed by atoms with Crippen molar-refractivity contribution in [2.24, 2.45) is 0 Å². The monoisotopic (exact) mass is 373 g/mol. The molecule has 0 unspecified atom stereocenters. The Bertz CT molecular complexity index is 1180. The van der Waals surface area contributed by atoms with Gasteiger partial charge in [0.2, 0.25) is 5.43 Å². The summed E-state index contributed by atoms with van der Waals surface area (Å²) < 4.78 is 16.3. The lowest BCUT2D eigenvalue weighted by Gasteiger charge is -2.10. The van der Waals surface area contributed by atoms with E-state index in [0.29, 0.717) is 27.8 Å². The van der Waals surface area contributed by atoms with Gasteiger partial charge in [0.1, 0.15) is 23.3 Å². The molecule has 0 saturated heterocycles. The van der Waals surface area contributed by atoms with Crippen molar-refractivity contribution in [2.45, 2.75) is 0 Å². The highest BCUT2D eigenvalue weighted by atomic mass is 16.5. The number of hydrogen-bond acceptors (Lipinski definition) is 5. The largest absolute Gasteiger partial charge is 0.497 e. The number of para-hydroxylation sites is 1. The first kappa shape index (κ1) is 17.7. The summed E-state index contributed by atoms with van der Waals surface area (Å²) in [6, 6.07) is 20.4. The van der Waals surface area contributed by atoms with Crippen LogP contribution in [0.2, 0.25) is 0 Å². The van der Waals surface area contributed by atoms with Gasteiger partial charge in [0.25, 0.3) is 0 Å². The number of hydrogen-bond donors (Lipinski definition) is 1. The van der Waals surface area contributed by atoms with Crippen molar-refractivity contribution in [2.75, 3.05) is 19.5 Å². The molecule has 0 spiro atoms.